The van der Waals surface area contributed by atoms with Gasteiger partial charge in [-0.15, -0.1) is 11.8 Å². The third-order valence-corrected chi connectivity index (χ3v) is 5.37. The summed E-state index contributed by atoms with van der Waals surface area (Å²) >= 11 is 5.05. The predicted molar refractivity (Wildman–Crippen MR) is 86.0 cm³/mol. The quantitative estimate of drug-likeness (QED) is 0.841. The monoisotopic (exact) mass is 357 g/mol. The lowest BCUT2D eigenvalue weighted by Gasteiger charge is -2.31. The first-order valence-corrected chi connectivity index (χ1v) is 8.65. The molecule has 1 aliphatic heterocycles. The van der Waals surface area contributed by atoms with E-state index in [1.807, 2.05) is 11.0 Å². The molecule has 3 nitrogen and oxygen atoms in total. The second-order valence-electron chi connectivity index (χ2n) is 5.21. The van der Waals surface area contributed by atoms with Gasteiger partial charge in [-0.3, -0.25) is 4.79 Å². The Bertz CT molecular complexity index is 473. The van der Waals surface area contributed by atoms with Crippen LogP contribution in [0.5, 0.6) is 0 Å². The highest BCUT2D eigenvalue weighted by atomic mass is 79.9. The maximum absolute atomic E-state index is 12.2. The van der Waals surface area contributed by atoms with Crippen molar-refractivity contribution < 1.29 is 9.90 Å². The summed E-state index contributed by atoms with van der Waals surface area (Å²) in [7, 11) is 0. The highest BCUT2D eigenvalue weighted by Crippen LogP contribution is 2.26. The fourth-order valence-corrected chi connectivity index (χ4v) is 3.76. The van der Waals surface area contributed by atoms with Gasteiger partial charge in [-0.05, 0) is 49.4 Å². The molecule has 110 valence electrons. The fraction of sp³-hybridized carbons (Fsp3) is 0.533. The van der Waals surface area contributed by atoms with Crippen LogP contribution >= 0.6 is 27.7 Å². The van der Waals surface area contributed by atoms with Gasteiger partial charge in [0.2, 0.25) is 5.91 Å². The number of likely N-dealkylation sites (tertiary alicyclic amines) is 1. The number of carbonyl (C=O) groups excluding carboxylic acids is 1. The lowest BCUT2D eigenvalue weighted by atomic mass is 9.98. The molecule has 2 rings (SSSR count). The van der Waals surface area contributed by atoms with E-state index < -0.39 is 0 Å². The summed E-state index contributed by atoms with van der Waals surface area (Å²) in [6, 6.07) is 6.13. The van der Waals surface area contributed by atoms with E-state index in [0.29, 0.717) is 11.7 Å². The Kier molecular flexibility index (Phi) is 5.93. The smallest absolute Gasteiger partial charge is 0.232 e. The lowest BCUT2D eigenvalue weighted by molar-refractivity contribution is -0.129. The van der Waals surface area contributed by atoms with Crippen LogP contribution in [0.15, 0.2) is 27.6 Å². The summed E-state index contributed by atoms with van der Waals surface area (Å²) in [5, 5.41) is 9.11. The van der Waals surface area contributed by atoms with Gasteiger partial charge in [-0.2, -0.15) is 0 Å². The third kappa shape index (κ3) is 4.24. The van der Waals surface area contributed by atoms with Gasteiger partial charge in [0, 0.05) is 29.1 Å². The fourth-order valence-electron chi connectivity index (χ4n) is 2.37. The summed E-state index contributed by atoms with van der Waals surface area (Å²) in [6.45, 7) is 3.87. The summed E-state index contributed by atoms with van der Waals surface area (Å²) in [4.78, 5) is 15.3. The molecule has 5 heteroatoms. The number of aliphatic hydroxyl groups excluding tert-OH is 1. The molecule has 0 aromatic heterocycles. The molecule has 1 aliphatic rings. The van der Waals surface area contributed by atoms with Crippen LogP contribution in [0.25, 0.3) is 0 Å². The number of thioether (sulfide) groups is 1. The van der Waals surface area contributed by atoms with Crippen molar-refractivity contribution in [2.24, 2.45) is 5.92 Å². The normalized spacial score (nSPS) is 16.4. The van der Waals surface area contributed by atoms with Gasteiger partial charge < -0.3 is 10.0 Å². The predicted octanol–water partition coefficient (Wildman–Crippen LogP) is 3.08. The molecule has 1 saturated heterocycles. The molecule has 1 heterocycles. The van der Waals surface area contributed by atoms with Crippen LogP contribution in [0.1, 0.15) is 18.4 Å². The molecule has 0 aliphatic carbocycles. The van der Waals surface area contributed by atoms with E-state index in [0.717, 1.165) is 35.3 Å². The number of halogens is 1. The second-order valence-corrected chi connectivity index (χ2v) is 7.14. The average molecular weight is 358 g/mol. The molecule has 1 fully saturated rings. The topological polar surface area (TPSA) is 40.5 Å². The first-order chi connectivity index (χ1) is 9.60. The molecule has 0 radical (unpaired) electrons. The van der Waals surface area contributed by atoms with Crippen LogP contribution in [0.2, 0.25) is 0 Å². The van der Waals surface area contributed by atoms with Gasteiger partial charge in [0.15, 0.2) is 0 Å². The molecule has 20 heavy (non-hydrogen) atoms. The van der Waals surface area contributed by atoms with Crippen molar-refractivity contribution in [3.8, 4) is 0 Å². The number of rotatable bonds is 4. The zero-order chi connectivity index (χ0) is 14.5. The number of hydrogen-bond donors (Lipinski definition) is 1. The van der Waals surface area contributed by atoms with Crippen molar-refractivity contribution in [2.75, 3.05) is 25.4 Å². The van der Waals surface area contributed by atoms with Crippen LogP contribution in [-0.4, -0.2) is 41.4 Å². The molecule has 0 unspecified atom stereocenters. The average Bonchev–Trinajstić information content (AvgIpc) is 2.46. The van der Waals surface area contributed by atoms with E-state index in [-0.39, 0.29) is 12.5 Å². The number of piperidine rings is 1. The Balaban J connectivity index is 1.83. The van der Waals surface area contributed by atoms with Crippen molar-refractivity contribution in [3.63, 3.8) is 0 Å². The van der Waals surface area contributed by atoms with Gasteiger partial charge in [0.25, 0.3) is 0 Å². The van der Waals surface area contributed by atoms with Gasteiger partial charge in [0.1, 0.15) is 0 Å². The first kappa shape index (κ1) is 15.9. The first-order valence-electron chi connectivity index (χ1n) is 6.87. The number of carbonyl (C=O) groups is 1. The molecule has 0 atom stereocenters. The molecule has 0 bridgehead atoms. The van der Waals surface area contributed by atoms with Gasteiger partial charge in [-0.1, -0.05) is 15.9 Å². The Hall–Kier alpha value is -0.520. The summed E-state index contributed by atoms with van der Waals surface area (Å²) in [5.41, 5.74) is 1.19. The maximum Gasteiger partial charge on any atom is 0.232 e. The maximum atomic E-state index is 12.2. The molecular weight excluding hydrogens is 338 g/mol. The molecular formula is C15H20BrNO2S. The van der Waals surface area contributed by atoms with Crippen molar-refractivity contribution in [3.05, 3.63) is 28.2 Å². The van der Waals surface area contributed by atoms with Gasteiger partial charge in [0.05, 0.1) is 5.75 Å². The number of hydrogen-bond acceptors (Lipinski definition) is 3. The lowest BCUT2D eigenvalue weighted by Crippen LogP contribution is -2.40. The summed E-state index contributed by atoms with van der Waals surface area (Å²) < 4.78 is 1.07. The number of aliphatic hydroxyl groups is 1. The van der Waals surface area contributed by atoms with E-state index in [1.54, 1.807) is 11.8 Å². The minimum absolute atomic E-state index is 0.203. The Morgan fingerprint density at radius 3 is 2.75 bits per heavy atom. The van der Waals surface area contributed by atoms with Crippen LogP contribution in [0.3, 0.4) is 0 Å². The number of amides is 1. The Morgan fingerprint density at radius 2 is 2.15 bits per heavy atom. The zero-order valence-electron chi connectivity index (χ0n) is 11.6. The van der Waals surface area contributed by atoms with Gasteiger partial charge >= 0.3 is 0 Å². The number of benzene rings is 1. The minimum Gasteiger partial charge on any atom is -0.396 e. The molecule has 1 N–H and O–H groups in total. The van der Waals surface area contributed by atoms with Crippen LogP contribution in [0.4, 0.5) is 0 Å². The Labute approximate surface area is 132 Å². The summed E-state index contributed by atoms with van der Waals surface area (Å²) in [6.07, 6.45) is 1.84. The van der Waals surface area contributed by atoms with Crippen molar-refractivity contribution in [2.45, 2.75) is 24.7 Å². The zero-order valence-corrected chi connectivity index (χ0v) is 14.0. The Morgan fingerprint density at radius 1 is 1.45 bits per heavy atom. The van der Waals surface area contributed by atoms with Gasteiger partial charge in [-0.25, -0.2) is 0 Å². The second kappa shape index (κ2) is 7.48. The summed E-state index contributed by atoms with van der Waals surface area (Å²) in [5.74, 6) is 1.07. The minimum atomic E-state index is 0.203. The highest BCUT2D eigenvalue weighted by molar-refractivity contribution is 9.10. The van der Waals surface area contributed by atoms with E-state index in [4.69, 9.17) is 5.11 Å². The molecule has 0 saturated carbocycles. The van der Waals surface area contributed by atoms with E-state index >= 15 is 0 Å². The molecule has 1 aromatic rings. The standard InChI is InChI=1S/C15H20BrNO2S/c1-11-8-13(16)2-3-14(11)20-10-15(19)17-6-4-12(9-18)5-7-17/h2-3,8,12,18H,4-7,9-10H2,1H3. The molecule has 1 aromatic carbocycles. The highest BCUT2D eigenvalue weighted by Gasteiger charge is 2.22. The largest absolute Gasteiger partial charge is 0.396 e. The molecule has 1 amide bonds. The van der Waals surface area contributed by atoms with Crippen LogP contribution in [-0.2, 0) is 4.79 Å². The van der Waals surface area contributed by atoms with Crippen molar-refractivity contribution in [1.82, 2.24) is 4.90 Å². The van der Waals surface area contributed by atoms with Crippen molar-refractivity contribution in [1.29, 1.82) is 0 Å². The number of aryl methyl sites for hydroxylation is 1. The van der Waals surface area contributed by atoms with E-state index in [9.17, 15) is 4.79 Å². The third-order valence-electron chi connectivity index (χ3n) is 3.71. The van der Waals surface area contributed by atoms with Crippen LogP contribution in [0, 0.1) is 12.8 Å². The van der Waals surface area contributed by atoms with Crippen molar-refractivity contribution >= 4 is 33.6 Å². The molecule has 0 spiro atoms. The van der Waals surface area contributed by atoms with E-state index in [1.165, 1.54) is 5.56 Å². The SMILES string of the molecule is Cc1cc(Br)ccc1SCC(=O)N1CCC(CO)CC1. The van der Waals surface area contributed by atoms with Crippen LogP contribution < -0.4 is 0 Å². The number of nitrogens with zero attached hydrogens (tertiary/aromatic N) is 1. The van der Waals surface area contributed by atoms with E-state index in [2.05, 4.69) is 35.0 Å².